The van der Waals surface area contributed by atoms with E-state index in [-0.39, 0.29) is 17.0 Å². The number of hydrogen-bond acceptors (Lipinski definition) is 4. The van der Waals surface area contributed by atoms with Crippen LogP contribution in [0.15, 0.2) is 60.7 Å². The van der Waals surface area contributed by atoms with Crippen LogP contribution in [-0.4, -0.2) is 17.9 Å². The van der Waals surface area contributed by atoms with Gasteiger partial charge in [0.1, 0.15) is 5.75 Å². The van der Waals surface area contributed by atoms with Crippen LogP contribution in [0.3, 0.4) is 0 Å². The van der Waals surface area contributed by atoms with Gasteiger partial charge in [0, 0.05) is 17.8 Å². The molecule has 3 aromatic carbocycles. The highest BCUT2D eigenvalue weighted by Crippen LogP contribution is 2.38. The molecule has 0 fully saturated rings. The molecule has 1 N–H and O–H groups in total. The number of methoxy groups -OCH3 is 1. The summed E-state index contributed by atoms with van der Waals surface area (Å²) in [7, 11) is 1.42. The Bertz CT molecular complexity index is 1080. The Kier molecular flexibility index (Phi) is 4.08. The largest absolute Gasteiger partial charge is 0.496 e. The van der Waals surface area contributed by atoms with Crippen LogP contribution in [0.25, 0.3) is 11.1 Å². The van der Waals surface area contributed by atoms with Gasteiger partial charge in [-0.15, -0.1) is 0 Å². The monoisotopic (exact) mass is 360 g/mol. The van der Waals surface area contributed by atoms with Crippen molar-refractivity contribution in [2.24, 2.45) is 0 Å². The fraction of sp³-hybridized carbons (Fsp3) is 0.0952. The number of ether oxygens (including phenoxy) is 1. The number of nitro groups is 1. The number of benzene rings is 3. The maximum Gasteiger partial charge on any atom is 0.270 e. The SMILES string of the molecule is COc1ccc([N+](=O)[O-])cc1C(=O)Nc1ccc2c(c1)-c1ccccc1C2. The predicted molar refractivity (Wildman–Crippen MR) is 102 cm³/mol. The third-order valence-corrected chi connectivity index (χ3v) is 4.69. The predicted octanol–water partition coefficient (Wildman–Crippen LogP) is 4.43. The van der Waals surface area contributed by atoms with Crippen LogP contribution in [0.1, 0.15) is 21.5 Å². The van der Waals surface area contributed by atoms with E-state index in [1.165, 1.54) is 36.4 Å². The summed E-state index contributed by atoms with van der Waals surface area (Å²) in [4.78, 5) is 23.2. The molecule has 4 rings (SSSR count). The first-order chi connectivity index (χ1) is 13.1. The van der Waals surface area contributed by atoms with Crippen LogP contribution in [0.4, 0.5) is 11.4 Å². The Morgan fingerprint density at radius 2 is 1.81 bits per heavy atom. The smallest absolute Gasteiger partial charge is 0.270 e. The van der Waals surface area contributed by atoms with Gasteiger partial charge in [-0.3, -0.25) is 14.9 Å². The molecule has 1 amide bonds. The van der Waals surface area contributed by atoms with Gasteiger partial charge in [0.15, 0.2) is 0 Å². The van der Waals surface area contributed by atoms with Crippen LogP contribution in [0, 0.1) is 10.1 Å². The van der Waals surface area contributed by atoms with Crippen LogP contribution in [0.5, 0.6) is 5.75 Å². The van der Waals surface area contributed by atoms with Crippen molar-refractivity contribution in [2.75, 3.05) is 12.4 Å². The summed E-state index contributed by atoms with van der Waals surface area (Å²) in [6.45, 7) is 0. The minimum Gasteiger partial charge on any atom is -0.496 e. The molecule has 0 aromatic heterocycles. The molecule has 0 saturated heterocycles. The lowest BCUT2D eigenvalue weighted by molar-refractivity contribution is -0.384. The Hall–Kier alpha value is -3.67. The number of carbonyl (C=O) groups excluding carboxylic acids is 1. The molecule has 1 aliphatic carbocycles. The molecule has 6 nitrogen and oxygen atoms in total. The standard InChI is InChI=1S/C21H16N2O4/c1-27-20-9-8-16(23(25)26)12-19(20)21(24)22-15-7-6-14-10-13-4-2-3-5-17(13)18(14)11-15/h2-9,11-12H,10H2,1H3,(H,22,24). The first-order valence-electron chi connectivity index (χ1n) is 8.42. The normalized spacial score (nSPS) is 11.4. The second kappa shape index (κ2) is 6.57. The van der Waals surface area contributed by atoms with Crippen molar-refractivity contribution in [3.05, 3.63) is 87.5 Å². The summed E-state index contributed by atoms with van der Waals surface area (Å²) < 4.78 is 5.18. The number of rotatable bonds is 4. The van der Waals surface area contributed by atoms with Gasteiger partial charge in [-0.05, 0) is 46.9 Å². The molecule has 0 saturated carbocycles. The molecule has 0 radical (unpaired) electrons. The Balaban J connectivity index is 1.66. The second-order valence-corrected chi connectivity index (χ2v) is 6.30. The van der Waals surface area contributed by atoms with E-state index in [0.717, 1.165) is 17.5 Å². The lowest BCUT2D eigenvalue weighted by Crippen LogP contribution is -2.13. The van der Waals surface area contributed by atoms with Crippen LogP contribution < -0.4 is 10.1 Å². The summed E-state index contributed by atoms with van der Waals surface area (Å²) in [5.41, 5.74) is 5.31. The van der Waals surface area contributed by atoms with Crippen molar-refractivity contribution in [3.8, 4) is 16.9 Å². The highest BCUT2D eigenvalue weighted by Gasteiger charge is 2.20. The highest BCUT2D eigenvalue weighted by atomic mass is 16.6. The van der Waals surface area contributed by atoms with Gasteiger partial charge < -0.3 is 10.1 Å². The Morgan fingerprint density at radius 1 is 1.04 bits per heavy atom. The number of non-ortho nitro benzene ring substituents is 1. The van der Waals surface area contributed by atoms with Gasteiger partial charge in [0.05, 0.1) is 17.6 Å². The lowest BCUT2D eigenvalue weighted by atomic mass is 10.1. The topological polar surface area (TPSA) is 81.5 Å². The van der Waals surface area contributed by atoms with Gasteiger partial charge in [0.25, 0.3) is 11.6 Å². The average molecular weight is 360 g/mol. The quantitative estimate of drug-likeness (QED) is 0.431. The van der Waals surface area contributed by atoms with E-state index >= 15 is 0 Å². The molecule has 0 bridgehead atoms. The van der Waals surface area contributed by atoms with E-state index < -0.39 is 10.8 Å². The van der Waals surface area contributed by atoms with E-state index in [1.807, 2.05) is 30.3 Å². The molecule has 0 spiro atoms. The van der Waals surface area contributed by atoms with Crippen molar-refractivity contribution in [3.63, 3.8) is 0 Å². The van der Waals surface area contributed by atoms with Crippen LogP contribution in [-0.2, 0) is 6.42 Å². The number of anilines is 1. The van der Waals surface area contributed by atoms with E-state index in [2.05, 4.69) is 17.4 Å². The summed E-state index contributed by atoms with van der Waals surface area (Å²) in [5, 5.41) is 13.8. The van der Waals surface area contributed by atoms with Crippen molar-refractivity contribution < 1.29 is 14.5 Å². The third-order valence-electron chi connectivity index (χ3n) is 4.69. The Labute approximate surface area is 155 Å². The van der Waals surface area contributed by atoms with Gasteiger partial charge in [-0.1, -0.05) is 30.3 Å². The minimum atomic E-state index is -0.539. The second-order valence-electron chi connectivity index (χ2n) is 6.30. The van der Waals surface area contributed by atoms with Crippen molar-refractivity contribution >= 4 is 17.3 Å². The first-order valence-corrected chi connectivity index (χ1v) is 8.42. The summed E-state index contributed by atoms with van der Waals surface area (Å²) in [6.07, 6.45) is 0.873. The molecule has 27 heavy (non-hydrogen) atoms. The zero-order chi connectivity index (χ0) is 19.0. The fourth-order valence-electron chi connectivity index (χ4n) is 3.39. The van der Waals surface area contributed by atoms with Gasteiger partial charge >= 0.3 is 0 Å². The molecule has 3 aromatic rings. The van der Waals surface area contributed by atoms with Gasteiger partial charge in [-0.25, -0.2) is 0 Å². The van der Waals surface area contributed by atoms with E-state index in [1.54, 1.807) is 0 Å². The summed E-state index contributed by atoms with van der Waals surface area (Å²) in [5.74, 6) is -0.175. The molecule has 0 unspecified atom stereocenters. The molecule has 6 heteroatoms. The van der Waals surface area contributed by atoms with Crippen molar-refractivity contribution in [2.45, 2.75) is 6.42 Å². The zero-order valence-electron chi connectivity index (χ0n) is 14.6. The van der Waals surface area contributed by atoms with Gasteiger partial charge in [-0.2, -0.15) is 0 Å². The van der Waals surface area contributed by atoms with E-state index in [0.29, 0.717) is 5.69 Å². The van der Waals surface area contributed by atoms with Crippen LogP contribution in [0.2, 0.25) is 0 Å². The average Bonchev–Trinajstić information content (AvgIpc) is 3.05. The number of hydrogen-bond donors (Lipinski definition) is 1. The zero-order valence-corrected chi connectivity index (χ0v) is 14.6. The van der Waals surface area contributed by atoms with Gasteiger partial charge in [0.2, 0.25) is 0 Å². The Morgan fingerprint density at radius 3 is 2.59 bits per heavy atom. The molecule has 0 heterocycles. The number of fused-ring (bicyclic) bond motifs is 3. The van der Waals surface area contributed by atoms with Crippen LogP contribution >= 0.6 is 0 Å². The highest BCUT2D eigenvalue weighted by molar-refractivity contribution is 6.07. The third kappa shape index (κ3) is 3.01. The number of amides is 1. The maximum atomic E-state index is 12.7. The minimum absolute atomic E-state index is 0.118. The maximum absolute atomic E-state index is 12.7. The number of nitro benzene ring substituents is 1. The summed E-state index contributed by atoms with van der Waals surface area (Å²) in [6, 6.07) is 17.9. The summed E-state index contributed by atoms with van der Waals surface area (Å²) >= 11 is 0. The molecule has 0 atom stereocenters. The molecule has 0 aliphatic heterocycles. The number of nitrogens with one attached hydrogen (secondary N) is 1. The van der Waals surface area contributed by atoms with E-state index in [4.69, 9.17) is 4.74 Å². The first kappa shape index (κ1) is 16.8. The lowest BCUT2D eigenvalue weighted by Gasteiger charge is -2.10. The van der Waals surface area contributed by atoms with Crippen molar-refractivity contribution in [1.82, 2.24) is 0 Å². The molecule has 134 valence electrons. The number of carbonyl (C=O) groups is 1. The molecular formula is C21H16N2O4. The fourth-order valence-corrected chi connectivity index (χ4v) is 3.39. The molecule has 1 aliphatic rings. The molecular weight excluding hydrogens is 344 g/mol. The number of nitrogens with zero attached hydrogens (tertiary/aromatic N) is 1. The van der Waals surface area contributed by atoms with Crippen molar-refractivity contribution in [1.29, 1.82) is 0 Å². The van der Waals surface area contributed by atoms with E-state index in [9.17, 15) is 14.9 Å².